The average Bonchev–Trinajstić information content (AvgIpc) is 2.53. The Bertz CT molecular complexity index is 506. The number of aromatic hydroxyl groups is 1. The lowest BCUT2D eigenvalue weighted by Crippen LogP contribution is -2.51. The van der Waals surface area contributed by atoms with E-state index in [1.54, 1.807) is 24.1 Å². The molecule has 3 N–H and O–H groups in total. The zero-order valence-corrected chi connectivity index (χ0v) is 12.4. The number of rotatable bonds is 4. The lowest BCUT2D eigenvalue weighted by atomic mass is 9.98. The third-order valence-corrected chi connectivity index (χ3v) is 3.97. The number of hydrogen-bond acceptors (Lipinski definition) is 5. The number of benzene rings is 1. The Kier molecular flexibility index (Phi) is 5.03. The molecule has 1 aliphatic rings. The number of likely N-dealkylation sites (tertiary alicyclic amines) is 1. The fraction of sp³-hybridized carbons (Fsp3) is 0.533. The van der Waals surface area contributed by atoms with Gasteiger partial charge in [0.1, 0.15) is 11.5 Å². The number of carbonyl (C=O) groups is 1. The number of hydrogen-bond donors (Lipinski definition) is 2. The number of piperidine rings is 1. The summed E-state index contributed by atoms with van der Waals surface area (Å²) in [5, 5.41) is 10.00. The highest BCUT2D eigenvalue weighted by Crippen LogP contribution is 2.27. The van der Waals surface area contributed by atoms with Gasteiger partial charge >= 0.3 is 0 Å². The largest absolute Gasteiger partial charge is 0.507 e. The minimum absolute atomic E-state index is 0.0716. The molecular formula is C15H22N2O4. The quantitative estimate of drug-likeness (QED) is 0.864. The van der Waals surface area contributed by atoms with Crippen LogP contribution in [0.3, 0.4) is 0 Å². The van der Waals surface area contributed by atoms with Crippen molar-refractivity contribution in [1.82, 2.24) is 4.90 Å². The SMILES string of the molecule is COc1ccc(C(=O)N2CCC(OC)CC2CN)c(O)c1. The van der Waals surface area contributed by atoms with Crippen LogP contribution in [0.1, 0.15) is 23.2 Å². The summed E-state index contributed by atoms with van der Waals surface area (Å²) in [6, 6.07) is 4.60. The molecule has 0 saturated carbocycles. The minimum Gasteiger partial charge on any atom is -0.507 e. The first-order chi connectivity index (χ1) is 10.1. The Hall–Kier alpha value is -1.79. The molecule has 6 heteroatoms. The highest BCUT2D eigenvalue weighted by atomic mass is 16.5. The maximum atomic E-state index is 12.6. The van der Waals surface area contributed by atoms with E-state index in [-0.39, 0.29) is 29.4 Å². The van der Waals surface area contributed by atoms with Crippen molar-refractivity contribution < 1.29 is 19.4 Å². The van der Waals surface area contributed by atoms with Gasteiger partial charge in [0.25, 0.3) is 5.91 Å². The van der Waals surface area contributed by atoms with E-state index in [4.69, 9.17) is 15.2 Å². The van der Waals surface area contributed by atoms with Gasteiger partial charge in [-0.2, -0.15) is 0 Å². The Balaban J connectivity index is 2.19. The van der Waals surface area contributed by atoms with Gasteiger partial charge < -0.3 is 25.2 Å². The van der Waals surface area contributed by atoms with Crippen molar-refractivity contribution in [2.75, 3.05) is 27.3 Å². The van der Waals surface area contributed by atoms with Crippen LogP contribution in [0.15, 0.2) is 18.2 Å². The summed E-state index contributed by atoms with van der Waals surface area (Å²) in [4.78, 5) is 14.3. The number of carbonyl (C=O) groups excluding carboxylic acids is 1. The number of ether oxygens (including phenoxy) is 2. The van der Waals surface area contributed by atoms with E-state index in [1.807, 2.05) is 0 Å². The predicted molar refractivity (Wildman–Crippen MR) is 78.6 cm³/mol. The van der Waals surface area contributed by atoms with Gasteiger partial charge in [0.2, 0.25) is 0 Å². The van der Waals surface area contributed by atoms with E-state index in [2.05, 4.69) is 0 Å². The molecule has 1 saturated heterocycles. The summed E-state index contributed by atoms with van der Waals surface area (Å²) in [5.41, 5.74) is 6.05. The van der Waals surface area contributed by atoms with E-state index in [9.17, 15) is 9.90 Å². The van der Waals surface area contributed by atoms with Crippen LogP contribution in [0, 0.1) is 0 Å². The molecule has 2 rings (SSSR count). The second kappa shape index (κ2) is 6.78. The Morgan fingerprint density at radius 1 is 1.48 bits per heavy atom. The molecule has 1 amide bonds. The van der Waals surface area contributed by atoms with Gasteiger partial charge in [0.15, 0.2) is 0 Å². The summed E-state index contributed by atoms with van der Waals surface area (Å²) >= 11 is 0. The van der Waals surface area contributed by atoms with E-state index in [0.717, 1.165) is 12.8 Å². The molecule has 0 aliphatic carbocycles. The summed E-state index contributed by atoms with van der Waals surface area (Å²) in [6.45, 7) is 0.952. The van der Waals surface area contributed by atoms with Crippen molar-refractivity contribution in [3.05, 3.63) is 23.8 Å². The summed E-state index contributed by atoms with van der Waals surface area (Å²) in [5.74, 6) is 0.224. The van der Waals surface area contributed by atoms with Gasteiger partial charge in [-0.15, -0.1) is 0 Å². The molecule has 1 heterocycles. The molecule has 1 aromatic carbocycles. The molecule has 116 valence electrons. The maximum absolute atomic E-state index is 12.6. The third kappa shape index (κ3) is 3.28. The fourth-order valence-corrected chi connectivity index (χ4v) is 2.69. The molecule has 21 heavy (non-hydrogen) atoms. The van der Waals surface area contributed by atoms with E-state index in [0.29, 0.717) is 18.8 Å². The molecule has 1 aromatic rings. The van der Waals surface area contributed by atoms with Crippen molar-refractivity contribution in [3.8, 4) is 11.5 Å². The zero-order chi connectivity index (χ0) is 15.4. The monoisotopic (exact) mass is 294 g/mol. The molecule has 1 aliphatic heterocycles. The van der Waals surface area contributed by atoms with Crippen LogP contribution in [-0.2, 0) is 4.74 Å². The molecule has 0 spiro atoms. The van der Waals surface area contributed by atoms with Gasteiger partial charge in [-0.1, -0.05) is 0 Å². The number of nitrogens with two attached hydrogens (primary N) is 1. The second-order valence-corrected chi connectivity index (χ2v) is 5.15. The normalized spacial score (nSPS) is 22.1. The Morgan fingerprint density at radius 3 is 2.81 bits per heavy atom. The van der Waals surface area contributed by atoms with E-state index < -0.39 is 0 Å². The van der Waals surface area contributed by atoms with Gasteiger partial charge in [-0.25, -0.2) is 0 Å². The topological polar surface area (TPSA) is 85.0 Å². The van der Waals surface area contributed by atoms with E-state index >= 15 is 0 Å². The van der Waals surface area contributed by atoms with Crippen LogP contribution in [0.5, 0.6) is 11.5 Å². The van der Waals surface area contributed by atoms with Crippen LogP contribution >= 0.6 is 0 Å². The molecule has 2 atom stereocenters. The standard InChI is InChI=1S/C15H22N2O4/c1-20-11-3-4-13(14(18)8-11)15(19)17-6-5-12(21-2)7-10(17)9-16/h3-4,8,10,12,18H,5-7,9,16H2,1-2H3. The van der Waals surface area contributed by atoms with Gasteiger partial charge in [-0.3, -0.25) is 4.79 Å². The van der Waals surface area contributed by atoms with Crippen molar-refractivity contribution >= 4 is 5.91 Å². The number of phenols is 1. The van der Waals surface area contributed by atoms with Crippen molar-refractivity contribution in [2.45, 2.75) is 25.0 Å². The van der Waals surface area contributed by atoms with Crippen molar-refractivity contribution in [1.29, 1.82) is 0 Å². The minimum atomic E-state index is -0.208. The van der Waals surface area contributed by atoms with Crippen LogP contribution in [0.25, 0.3) is 0 Å². The number of nitrogens with zero attached hydrogens (tertiary/aromatic N) is 1. The van der Waals surface area contributed by atoms with Crippen molar-refractivity contribution in [3.63, 3.8) is 0 Å². The zero-order valence-electron chi connectivity index (χ0n) is 12.4. The van der Waals surface area contributed by atoms with Gasteiger partial charge in [0.05, 0.1) is 18.8 Å². The lowest BCUT2D eigenvalue weighted by Gasteiger charge is -2.38. The second-order valence-electron chi connectivity index (χ2n) is 5.15. The van der Waals surface area contributed by atoms with E-state index in [1.165, 1.54) is 13.2 Å². The molecule has 1 fully saturated rings. The van der Waals surface area contributed by atoms with Crippen LogP contribution in [0.4, 0.5) is 0 Å². The van der Waals surface area contributed by atoms with Crippen LogP contribution < -0.4 is 10.5 Å². The predicted octanol–water partition coefficient (Wildman–Crippen LogP) is 0.979. The molecule has 0 aromatic heterocycles. The average molecular weight is 294 g/mol. The first-order valence-electron chi connectivity index (χ1n) is 7.01. The van der Waals surface area contributed by atoms with Gasteiger partial charge in [0, 0.05) is 32.3 Å². The molecular weight excluding hydrogens is 272 g/mol. The molecule has 2 unspecified atom stereocenters. The smallest absolute Gasteiger partial charge is 0.257 e. The third-order valence-electron chi connectivity index (χ3n) is 3.97. The number of methoxy groups -OCH3 is 2. The fourth-order valence-electron chi connectivity index (χ4n) is 2.69. The highest BCUT2D eigenvalue weighted by molar-refractivity contribution is 5.97. The molecule has 0 radical (unpaired) electrons. The number of phenolic OH excluding ortho intramolecular Hbond substituents is 1. The Morgan fingerprint density at radius 2 is 2.24 bits per heavy atom. The first-order valence-corrected chi connectivity index (χ1v) is 7.01. The number of amides is 1. The first kappa shape index (κ1) is 15.6. The van der Waals surface area contributed by atoms with Crippen molar-refractivity contribution in [2.24, 2.45) is 5.73 Å². The summed E-state index contributed by atoms with van der Waals surface area (Å²) in [7, 11) is 3.18. The summed E-state index contributed by atoms with van der Waals surface area (Å²) < 4.78 is 10.4. The van der Waals surface area contributed by atoms with Crippen LogP contribution in [0.2, 0.25) is 0 Å². The highest BCUT2D eigenvalue weighted by Gasteiger charge is 2.32. The molecule has 6 nitrogen and oxygen atoms in total. The Labute approximate surface area is 124 Å². The van der Waals surface area contributed by atoms with Gasteiger partial charge in [-0.05, 0) is 25.0 Å². The molecule has 0 bridgehead atoms. The van der Waals surface area contributed by atoms with Crippen LogP contribution in [-0.4, -0.2) is 55.4 Å². The summed E-state index contributed by atoms with van der Waals surface area (Å²) in [6.07, 6.45) is 1.62. The maximum Gasteiger partial charge on any atom is 0.257 e. The lowest BCUT2D eigenvalue weighted by molar-refractivity contribution is 0.0138.